The second-order valence-electron chi connectivity index (χ2n) is 3.80. The highest BCUT2D eigenvalue weighted by Crippen LogP contribution is 2.30. The van der Waals surface area contributed by atoms with Crippen LogP contribution in [0.15, 0.2) is 41.0 Å². The summed E-state index contributed by atoms with van der Waals surface area (Å²) in [6.45, 7) is 1.58. The normalized spacial score (nSPS) is 11.6. The van der Waals surface area contributed by atoms with Gasteiger partial charge in [0.05, 0.1) is 17.4 Å². The minimum absolute atomic E-state index is 0.00525. The first kappa shape index (κ1) is 12.4. The van der Waals surface area contributed by atoms with E-state index in [4.69, 9.17) is 4.42 Å². The lowest BCUT2D eigenvalue weighted by molar-refractivity contribution is -0.137. The van der Waals surface area contributed by atoms with Gasteiger partial charge in [-0.05, 0) is 25.1 Å². The number of alkyl halides is 3. The van der Waals surface area contributed by atoms with E-state index in [0.29, 0.717) is 5.76 Å². The van der Waals surface area contributed by atoms with Gasteiger partial charge in [-0.1, -0.05) is 12.1 Å². The predicted molar refractivity (Wildman–Crippen MR) is 58.3 cm³/mol. The molecule has 0 aliphatic carbocycles. The number of hydrogen-bond donors (Lipinski definition) is 0. The van der Waals surface area contributed by atoms with Gasteiger partial charge in [-0.25, -0.2) is 0 Å². The Bertz CT molecular complexity index is 582. The molecule has 0 unspecified atom stereocenters. The van der Waals surface area contributed by atoms with Crippen molar-refractivity contribution in [1.82, 2.24) is 0 Å². The SMILES string of the molecule is Cc1occc1C(=O)c1cccc(C(F)(F)F)c1. The van der Waals surface area contributed by atoms with E-state index in [1.165, 1.54) is 24.5 Å². The minimum atomic E-state index is -4.46. The largest absolute Gasteiger partial charge is 0.469 e. The molecule has 2 aromatic rings. The molecular formula is C13H9F3O2. The number of ketones is 1. The van der Waals surface area contributed by atoms with Gasteiger partial charge in [-0.15, -0.1) is 0 Å². The lowest BCUT2D eigenvalue weighted by atomic mass is 10.0. The number of benzene rings is 1. The van der Waals surface area contributed by atoms with Gasteiger partial charge >= 0.3 is 6.18 Å². The molecule has 1 aromatic heterocycles. The Balaban J connectivity index is 2.41. The molecule has 0 aliphatic heterocycles. The van der Waals surface area contributed by atoms with E-state index < -0.39 is 17.5 Å². The van der Waals surface area contributed by atoms with Crippen molar-refractivity contribution >= 4 is 5.78 Å². The van der Waals surface area contributed by atoms with Crippen LogP contribution in [0.3, 0.4) is 0 Å². The number of halogens is 3. The zero-order chi connectivity index (χ0) is 13.3. The van der Waals surface area contributed by atoms with Crippen LogP contribution in [0.1, 0.15) is 27.2 Å². The van der Waals surface area contributed by atoms with Gasteiger partial charge in [0.2, 0.25) is 0 Å². The standard InChI is InChI=1S/C13H9F3O2/c1-8-11(5-6-18-8)12(17)9-3-2-4-10(7-9)13(14,15)16/h2-7H,1H3. The third-order valence-electron chi connectivity index (χ3n) is 2.56. The molecule has 0 N–H and O–H groups in total. The summed E-state index contributed by atoms with van der Waals surface area (Å²) >= 11 is 0. The monoisotopic (exact) mass is 254 g/mol. The first-order valence-electron chi connectivity index (χ1n) is 5.15. The average Bonchev–Trinajstić information content (AvgIpc) is 2.73. The second kappa shape index (κ2) is 4.33. The summed E-state index contributed by atoms with van der Waals surface area (Å²) in [5.41, 5.74) is -0.571. The van der Waals surface area contributed by atoms with Gasteiger partial charge in [-0.2, -0.15) is 13.2 Å². The lowest BCUT2D eigenvalue weighted by Crippen LogP contribution is -2.08. The van der Waals surface area contributed by atoms with Crippen molar-refractivity contribution in [2.24, 2.45) is 0 Å². The van der Waals surface area contributed by atoms with E-state index in [1.807, 2.05) is 0 Å². The smallest absolute Gasteiger partial charge is 0.416 e. The molecule has 0 amide bonds. The summed E-state index contributed by atoms with van der Waals surface area (Å²) in [6.07, 6.45) is -3.13. The zero-order valence-corrected chi connectivity index (χ0v) is 9.41. The molecule has 2 nitrogen and oxygen atoms in total. The van der Waals surface area contributed by atoms with Gasteiger partial charge in [-0.3, -0.25) is 4.79 Å². The molecule has 0 atom stereocenters. The summed E-state index contributed by atoms with van der Waals surface area (Å²) in [5.74, 6) is -0.0928. The van der Waals surface area contributed by atoms with Crippen molar-refractivity contribution in [1.29, 1.82) is 0 Å². The Morgan fingerprint density at radius 2 is 1.94 bits per heavy atom. The Hall–Kier alpha value is -2.04. The van der Waals surface area contributed by atoms with Crippen molar-refractivity contribution in [3.63, 3.8) is 0 Å². The molecule has 0 aliphatic rings. The van der Waals surface area contributed by atoms with Crippen molar-refractivity contribution in [2.45, 2.75) is 13.1 Å². The maximum Gasteiger partial charge on any atom is 0.416 e. The summed E-state index contributed by atoms with van der Waals surface area (Å²) in [7, 11) is 0. The van der Waals surface area contributed by atoms with Crippen LogP contribution in [0.4, 0.5) is 13.2 Å². The third-order valence-corrected chi connectivity index (χ3v) is 2.56. The van der Waals surface area contributed by atoms with Gasteiger partial charge < -0.3 is 4.42 Å². The molecule has 1 heterocycles. The van der Waals surface area contributed by atoms with Gasteiger partial charge in [0.25, 0.3) is 0 Å². The quantitative estimate of drug-likeness (QED) is 0.762. The number of aryl methyl sites for hydroxylation is 1. The van der Waals surface area contributed by atoms with E-state index in [0.717, 1.165) is 12.1 Å². The summed E-state index contributed by atoms with van der Waals surface area (Å²) in [5, 5.41) is 0. The number of hydrogen-bond acceptors (Lipinski definition) is 2. The zero-order valence-electron chi connectivity index (χ0n) is 9.41. The maximum atomic E-state index is 12.5. The Labute approximate surface area is 101 Å². The van der Waals surface area contributed by atoms with E-state index in [9.17, 15) is 18.0 Å². The molecule has 0 radical (unpaired) electrons. The van der Waals surface area contributed by atoms with E-state index >= 15 is 0 Å². The Morgan fingerprint density at radius 1 is 1.22 bits per heavy atom. The van der Waals surface area contributed by atoms with E-state index in [1.54, 1.807) is 6.92 Å². The fraction of sp³-hybridized carbons (Fsp3) is 0.154. The first-order valence-corrected chi connectivity index (χ1v) is 5.15. The van der Waals surface area contributed by atoms with Gasteiger partial charge in [0, 0.05) is 5.56 Å². The van der Waals surface area contributed by atoms with Crippen LogP contribution in [0, 0.1) is 6.92 Å². The molecule has 0 saturated heterocycles. The highest BCUT2D eigenvalue weighted by Gasteiger charge is 2.31. The van der Waals surface area contributed by atoms with Crippen LogP contribution in [0.5, 0.6) is 0 Å². The topological polar surface area (TPSA) is 30.2 Å². The van der Waals surface area contributed by atoms with Crippen molar-refractivity contribution < 1.29 is 22.4 Å². The van der Waals surface area contributed by atoms with Crippen LogP contribution >= 0.6 is 0 Å². The lowest BCUT2D eigenvalue weighted by Gasteiger charge is -2.07. The summed E-state index contributed by atoms with van der Waals surface area (Å²) in [6, 6.07) is 5.78. The van der Waals surface area contributed by atoms with Crippen LogP contribution < -0.4 is 0 Å². The molecular weight excluding hydrogens is 245 g/mol. The fourth-order valence-electron chi connectivity index (χ4n) is 1.61. The minimum Gasteiger partial charge on any atom is -0.469 e. The van der Waals surface area contributed by atoms with Crippen molar-refractivity contribution in [2.75, 3.05) is 0 Å². The number of rotatable bonds is 2. The highest BCUT2D eigenvalue weighted by molar-refractivity contribution is 6.09. The van der Waals surface area contributed by atoms with E-state index in [-0.39, 0.29) is 11.1 Å². The number of furan rings is 1. The van der Waals surface area contributed by atoms with E-state index in [2.05, 4.69) is 0 Å². The Kier molecular flexibility index (Phi) is 2.98. The maximum absolute atomic E-state index is 12.5. The Morgan fingerprint density at radius 3 is 2.50 bits per heavy atom. The molecule has 2 rings (SSSR count). The number of carbonyl (C=O) groups is 1. The molecule has 18 heavy (non-hydrogen) atoms. The molecule has 0 spiro atoms. The second-order valence-corrected chi connectivity index (χ2v) is 3.80. The molecule has 5 heteroatoms. The summed E-state index contributed by atoms with van der Waals surface area (Å²) in [4.78, 5) is 12.0. The third kappa shape index (κ3) is 2.30. The van der Waals surface area contributed by atoms with Crippen molar-refractivity contribution in [3.05, 3.63) is 59.0 Å². The molecule has 0 fully saturated rings. The molecule has 0 bridgehead atoms. The molecule has 94 valence electrons. The van der Waals surface area contributed by atoms with Crippen LogP contribution in [-0.2, 0) is 6.18 Å². The predicted octanol–water partition coefficient (Wildman–Crippen LogP) is 3.84. The van der Waals surface area contributed by atoms with Crippen molar-refractivity contribution in [3.8, 4) is 0 Å². The summed E-state index contributed by atoms with van der Waals surface area (Å²) < 4.78 is 42.5. The van der Waals surface area contributed by atoms with Crippen LogP contribution in [0.2, 0.25) is 0 Å². The fourth-order valence-corrected chi connectivity index (χ4v) is 1.61. The average molecular weight is 254 g/mol. The van der Waals surface area contributed by atoms with Crippen LogP contribution in [0.25, 0.3) is 0 Å². The number of carbonyl (C=O) groups excluding carboxylic acids is 1. The van der Waals surface area contributed by atoms with Gasteiger partial charge in [0.15, 0.2) is 5.78 Å². The first-order chi connectivity index (χ1) is 8.39. The van der Waals surface area contributed by atoms with Crippen LogP contribution in [-0.4, -0.2) is 5.78 Å². The highest BCUT2D eigenvalue weighted by atomic mass is 19.4. The molecule has 0 saturated carbocycles. The van der Waals surface area contributed by atoms with Gasteiger partial charge in [0.1, 0.15) is 5.76 Å². The molecule has 1 aromatic carbocycles.